The third kappa shape index (κ3) is 4.55. The van der Waals surface area contributed by atoms with Gasteiger partial charge in [-0.3, -0.25) is 4.90 Å². The maximum atomic E-state index is 9.89. The van der Waals surface area contributed by atoms with Crippen molar-refractivity contribution in [3.05, 3.63) is 28.8 Å². The van der Waals surface area contributed by atoms with Gasteiger partial charge >= 0.3 is 0 Å². The molecule has 0 aliphatic heterocycles. The van der Waals surface area contributed by atoms with Crippen molar-refractivity contribution in [2.24, 2.45) is 0 Å². The minimum absolute atomic E-state index is 0. The number of halogens is 2. The van der Waals surface area contributed by atoms with E-state index in [0.717, 1.165) is 18.7 Å². The van der Waals surface area contributed by atoms with Gasteiger partial charge in [0.05, 0.1) is 0 Å². The normalized spacial score (nSPS) is 16.4. The second-order valence-corrected chi connectivity index (χ2v) is 5.56. The number of benzene rings is 1. The highest BCUT2D eigenvalue weighted by atomic mass is 35.5. The molecule has 2 nitrogen and oxygen atoms in total. The molecule has 19 heavy (non-hydrogen) atoms. The van der Waals surface area contributed by atoms with Crippen LogP contribution in [0.15, 0.2) is 18.2 Å². The van der Waals surface area contributed by atoms with Gasteiger partial charge in [0.15, 0.2) is 0 Å². The standard InChI is InChI=1S/C15H22ClNO.ClH/c1-2-17(14-6-4-3-5-7-14)11-12-10-13(16)8-9-15(12)18;/h8-10,14,18H,2-7,11H2,1H3;1H. The lowest BCUT2D eigenvalue weighted by Gasteiger charge is -2.33. The molecule has 1 aromatic carbocycles. The summed E-state index contributed by atoms with van der Waals surface area (Å²) in [5, 5.41) is 10.6. The van der Waals surface area contributed by atoms with Gasteiger partial charge < -0.3 is 5.11 Å². The van der Waals surface area contributed by atoms with Crippen molar-refractivity contribution in [1.82, 2.24) is 4.90 Å². The first-order chi connectivity index (χ1) is 8.70. The van der Waals surface area contributed by atoms with E-state index in [1.54, 1.807) is 12.1 Å². The summed E-state index contributed by atoms with van der Waals surface area (Å²) in [7, 11) is 0. The second kappa shape index (κ2) is 7.98. The van der Waals surface area contributed by atoms with Crippen LogP contribution in [0, 0.1) is 0 Å². The van der Waals surface area contributed by atoms with Crippen molar-refractivity contribution in [3.8, 4) is 5.75 Å². The maximum Gasteiger partial charge on any atom is 0.120 e. The lowest BCUT2D eigenvalue weighted by atomic mass is 9.94. The molecule has 0 bridgehead atoms. The summed E-state index contributed by atoms with van der Waals surface area (Å²) in [6.45, 7) is 4.01. The Bertz CT molecular complexity index is 392. The van der Waals surface area contributed by atoms with Crippen LogP contribution in [-0.2, 0) is 6.54 Å². The lowest BCUT2D eigenvalue weighted by molar-refractivity contribution is 0.154. The smallest absolute Gasteiger partial charge is 0.120 e. The van der Waals surface area contributed by atoms with Crippen molar-refractivity contribution >= 4 is 24.0 Å². The zero-order valence-electron chi connectivity index (χ0n) is 11.4. The molecule has 0 amide bonds. The van der Waals surface area contributed by atoms with E-state index >= 15 is 0 Å². The summed E-state index contributed by atoms with van der Waals surface area (Å²) in [5.74, 6) is 0.355. The number of nitrogens with zero attached hydrogens (tertiary/aromatic N) is 1. The molecular formula is C15H23Cl2NO. The third-order valence-electron chi connectivity index (χ3n) is 3.91. The van der Waals surface area contributed by atoms with Gasteiger partial charge in [0.2, 0.25) is 0 Å². The Balaban J connectivity index is 0.00000180. The summed E-state index contributed by atoms with van der Waals surface area (Å²) < 4.78 is 0. The van der Waals surface area contributed by atoms with E-state index in [2.05, 4.69) is 11.8 Å². The number of phenols is 1. The maximum absolute atomic E-state index is 9.89. The topological polar surface area (TPSA) is 23.5 Å². The van der Waals surface area contributed by atoms with Crippen molar-refractivity contribution in [1.29, 1.82) is 0 Å². The molecule has 1 aromatic rings. The molecule has 0 saturated heterocycles. The first kappa shape index (κ1) is 16.6. The second-order valence-electron chi connectivity index (χ2n) is 5.13. The van der Waals surface area contributed by atoms with Crippen LogP contribution in [0.3, 0.4) is 0 Å². The Hall–Kier alpha value is -0.440. The van der Waals surface area contributed by atoms with Crippen LogP contribution >= 0.6 is 24.0 Å². The molecule has 1 aliphatic carbocycles. The predicted molar refractivity (Wildman–Crippen MR) is 83.3 cm³/mol. The Morgan fingerprint density at radius 2 is 1.95 bits per heavy atom. The number of aromatic hydroxyl groups is 1. The molecule has 0 spiro atoms. The highest BCUT2D eigenvalue weighted by Gasteiger charge is 2.20. The van der Waals surface area contributed by atoms with E-state index in [9.17, 15) is 5.11 Å². The summed E-state index contributed by atoms with van der Waals surface area (Å²) in [5.41, 5.74) is 0.940. The summed E-state index contributed by atoms with van der Waals surface area (Å²) in [6.07, 6.45) is 6.62. The van der Waals surface area contributed by atoms with Gasteiger partial charge in [-0.25, -0.2) is 0 Å². The third-order valence-corrected chi connectivity index (χ3v) is 4.15. The zero-order valence-corrected chi connectivity index (χ0v) is 13.0. The van der Waals surface area contributed by atoms with Crippen LogP contribution in [0.1, 0.15) is 44.6 Å². The molecule has 2 rings (SSSR count). The number of hydrogen-bond donors (Lipinski definition) is 1. The van der Waals surface area contributed by atoms with E-state index in [1.807, 2.05) is 6.07 Å². The average molecular weight is 304 g/mol. The Morgan fingerprint density at radius 3 is 2.58 bits per heavy atom. The van der Waals surface area contributed by atoms with Gasteiger partial charge in [0.25, 0.3) is 0 Å². The van der Waals surface area contributed by atoms with E-state index in [0.29, 0.717) is 16.8 Å². The van der Waals surface area contributed by atoms with Crippen LogP contribution in [0.25, 0.3) is 0 Å². The largest absolute Gasteiger partial charge is 0.508 e. The molecule has 1 fully saturated rings. The molecule has 0 heterocycles. The fourth-order valence-corrected chi connectivity index (χ4v) is 3.04. The zero-order chi connectivity index (χ0) is 13.0. The van der Waals surface area contributed by atoms with Crippen molar-refractivity contribution in [3.63, 3.8) is 0 Å². The van der Waals surface area contributed by atoms with Crippen molar-refractivity contribution in [2.45, 2.75) is 51.6 Å². The van der Waals surface area contributed by atoms with Gasteiger partial charge in [-0.1, -0.05) is 37.8 Å². The van der Waals surface area contributed by atoms with Crippen LogP contribution in [0.5, 0.6) is 5.75 Å². The molecular weight excluding hydrogens is 281 g/mol. The van der Waals surface area contributed by atoms with E-state index < -0.39 is 0 Å². The van der Waals surface area contributed by atoms with Gasteiger partial charge in [-0.05, 0) is 37.6 Å². The van der Waals surface area contributed by atoms with Crippen LogP contribution in [-0.4, -0.2) is 22.6 Å². The SMILES string of the molecule is CCN(Cc1cc(Cl)ccc1O)C1CCCCC1.Cl. The fraction of sp³-hybridized carbons (Fsp3) is 0.600. The van der Waals surface area contributed by atoms with E-state index in [4.69, 9.17) is 11.6 Å². The van der Waals surface area contributed by atoms with E-state index in [-0.39, 0.29) is 12.4 Å². The predicted octanol–water partition coefficient (Wildman–Crippen LogP) is 4.62. The van der Waals surface area contributed by atoms with Crippen LogP contribution in [0.2, 0.25) is 5.02 Å². The molecule has 0 aromatic heterocycles. The first-order valence-electron chi connectivity index (χ1n) is 6.92. The fourth-order valence-electron chi connectivity index (χ4n) is 2.84. The van der Waals surface area contributed by atoms with E-state index in [1.165, 1.54) is 32.1 Å². The van der Waals surface area contributed by atoms with Gasteiger partial charge in [0, 0.05) is 23.2 Å². The summed E-state index contributed by atoms with van der Waals surface area (Å²) in [4.78, 5) is 2.46. The highest BCUT2D eigenvalue weighted by Crippen LogP contribution is 2.27. The van der Waals surface area contributed by atoms with Crippen LogP contribution in [0.4, 0.5) is 0 Å². The minimum Gasteiger partial charge on any atom is -0.508 e. The molecule has 0 radical (unpaired) electrons. The number of rotatable bonds is 4. The molecule has 1 N–H and O–H groups in total. The van der Waals surface area contributed by atoms with Gasteiger partial charge in [-0.15, -0.1) is 12.4 Å². The Kier molecular flexibility index (Phi) is 6.98. The molecule has 0 atom stereocenters. The van der Waals surface area contributed by atoms with Gasteiger partial charge in [0.1, 0.15) is 5.75 Å². The average Bonchev–Trinajstić information content (AvgIpc) is 2.41. The monoisotopic (exact) mass is 303 g/mol. The van der Waals surface area contributed by atoms with Crippen molar-refractivity contribution in [2.75, 3.05) is 6.54 Å². The Morgan fingerprint density at radius 1 is 1.26 bits per heavy atom. The van der Waals surface area contributed by atoms with Gasteiger partial charge in [-0.2, -0.15) is 0 Å². The minimum atomic E-state index is 0. The summed E-state index contributed by atoms with van der Waals surface area (Å²) in [6, 6.07) is 5.97. The quantitative estimate of drug-likeness (QED) is 0.877. The molecule has 108 valence electrons. The first-order valence-corrected chi connectivity index (χ1v) is 7.30. The molecule has 1 aliphatic rings. The van der Waals surface area contributed by atoms with Crippen LogP contribution < -0.4 is 0 Å². The molecule has 4 heteroatoms. The highest BCUT2D eigenvalue weighted by molar-refractivity contribution is 6.30. The molecule has 0 unspecified atom stereocenters. The number of hydrogen-bond acceptors (Lipinski definition) is 2. The molecule has 1 saturated carbocycles. The summed E-state index contributed by atoms with van der Waals surface area (Å²) >= 11 is 6.00. The lowest BCUT2D eigenvalue weighted by Crippen LogP contribution is -2.36. The number of phenolic OH excluding ortho intramolecular Hbond substituents is 1. The Labute approximate surface area is 127 Å². The van der Waals surface area contributed by atoms with Crippen molar-refractivity contribution < 1.29 is 5.11 Å².